The summed E-state index contributed by atoms with van der Waals surface area (Å²) in [5.74, 6) is 0.474. The van der Waals surface area contributed by atoms with Gasteiger partial charge in [-0.25, -0.2) is 4.39 Å². The van der Waals surface area contributed by atoms with Crippen molar-refractivity contribution >= 4 is 0 Å². The first-order valence-electron chi connectivity index (χ1n) is 4.38. The Labute approximate surface area is 80.6 Å². The molecule has 0 bridgehead atoms. The zero-order valence-corrected chi connectivity index (χ0v) is 7.70. The zero-order chi connectivity index (χ0) is 9.97. The summed E-state index contributed by atoms with van der Waals surface area (Å²) in [7, 11) is 0. The van der Waals surface area contributed by atoms with E-state index in [1.54, 1.807) is 18.2 Å². The average molecular weight is 192 g/mol. The molecule has 0 radical (unpaired) electrons. The predicted molar refractivity (Wildman–Crippen MR) is 49.1 cm³/mol. The molecule has 1 aromatic carbocycles. The number of hydrogen-bond donors (Lipinski definition) is 0. The van der Waals surface area contributed by atoms with E-state index in [0.29, 0.717) is 17.8 Å². The number of rotatable bonds is 2. The third kappa shape index (κ3) is 1.51. The lowest BCUT2D eigenvalue weighted by Crippen LogP contribution is -1.85. The summed E-state index contributed by atoms with van der Waals surface area (Å²) in [5, 5.41) is 3.70. The molecule has 1 heterocycles. The molecule has 0 saturated heterocycles. The molecule has 0 aliphatic rings. The highest BCUT2D eigenvalue weighted by Gasteiger charge is 2.11. The van der Waals surface area contributed by atoms with Crippen LogP contribution in [0.25, 0.3) is 11.5 Å². The van der Waals surface area contributed by atoms with Gasteiger partial charge in [0.25, 0.3) is 5.89 Å². The number of aryl methyl sites for hydroxylation is 1. The fourth-order valence-electron chi connectivity index (χ4n) is 1.14. The molecule has 0 aliphatic heterocycles. The Morgan fingerprint density at radius 2 is 2.14 bits per heavy atom. The molecule has 1 aromatic heterocycles. The summed E-state index contributed by atoms with van der Waals surface area (Å²) >= 11 is 0. The van der Waals surface area contributed by atoms with Gasteiger partial charge in [-0.2, -0.15) is 4.98 Å². The third-order valence-corrected chi connectivity index (χ3v) is 1.89. The van der Waals surface area contributed by atoms with Gasteiger partial charge < -0.3 is 4.52 Å². The summed E-state index contributed by atoms with van der Waals surface area (Å²) in [5.41, 5.74) is 0.347. The van der Waals surface area contributed by atoms with Crippen LogP contribution in [0.15, 0.2) is 28.8 Å². The van der Waals surface area contributed by atoms with Crippen molar-refractivity contribution in [2.45, 2.75) is 13.3 Å². The van der Waals surface area contributed by atoms with Crippen LogP contribution in [-0.2, 0) is 6.42 Å². The molecule has 0 fully saturated rings. The Morgan fingerprint density at radius 3 is 2.79 bits per heavy atom. The Bertz CT molecular complexity index is 439. The van der Waals surface area contributed by atoms with Gasteiger partial charge in [-0.15, -0.1) is 0 Å². The topological polar surface area (TPSA) is 38.9 Å². The van der Waals surface area contributed by atoms with E-state index in [4.69, 9.17) is 4.52 Å². The maximum absolute atomic E-state index is 13.3. The maximum Gasteiger partial charge on any atom is 0.260 e. The van der Waals surface area contributed by atoms with Crippen LogP contribution >= 0.6 is 0 Å². The Balaban J connectivity index is 2.44. The Kier molecular flexibility index (Phi) is 2.26. The molecular formula is C10H9FN2O. The van der Waals surface area contributed by atoms with Crippen molar-refractivity contribution in [1.82, 2.24) is 10.1 Å². The van der Waals surface area contributed by atoms with Crippen molar-refractivity contribution < 1.29 is 8.91 Å². The van der Waals surface area contributed by atoms with E-state index in [1.807, 2.05) is 6.92 Å². The van der Waals surface area contributed by atoms with Crippen molar-refractivity contribution in [1.29, 1.82) is 0 Å². The predicted octanol–water partition coefficient (Wildman–Crippen LogP) is 2.44. The van der Waals surface area contributed by atoms with E-state index >= 15 is 0 Å². The minimum atomic E-state index is -0.348. The molecule has 2 aromatic rings. The van der Waals surface area contributed by atoms with Crippen LogP contribution in [-0.4, -0.2) is 10.1 Å². The van der Waals surface area contributed by atoms with Gasteiger partial charge in [-0.05, 0) is 12.1 Å². The molecule has 0 unspecified atom stereocenters. The lowest BCUT2D eigenvalue weighted by molar-refractivity contribution is 0.421. The van der Waals surface area contributed by atoms with Crippen molar-refractivity contribution in [3.8, 4) is 11.5 Å². The van der Waals surface area contributed by atoms with E-state index in [1.165, 1.54) is 6.07 Å². The van der Waals surface area contributed by atoms with Gasteiger partial charge >= 0.3 is 0 Å². The second-order valence-corrected chi connectivity index (χ2v) is 2.85. The van der Waals surface area contributed by atoms with Gasteiger partial charge in [0.1, 0.15) is 5.82 Å². The lowest BCUT2D eigenvalue weighted by Gasteiger charge is -1.94. The standard InChI is InChI=1S/C10H9FN2O/c1-2-9-12-10(14-13-9)7-5-3-4-6-8(7)11/h3-6H,2H2,1H3. The van der Waals surface area contributed by atoms with E-state index in [9.17, 15) is 4.39 Å². The van der Waals surface area contributed by atoms with E-state index in [2.05, 4.69) is 10.1 Å². The Hall–Kier alpha value is -1.71. The summed E-state index contributed by atoms with van der Waals surface area (Å²) in [6, 6.07) is 6.33. The summed E-state index contributed by atoms with van der Waals surface area (Å²) in [6.07, 6.45) is 0.679. The maximum atomic E-state index is 13.3. The smallest absolute Gasteiger partial charge is 0.260 e. The highest BCUT2D eigenvalue weighted by atomic mass is 19.1. The van der Waals surface area contributed by atoms with Crippen LogP contribution in [0, 0.1) is 5.82 Å². The first-order chi connectivity index (χ1) is 6.81. The molecule has 0 N–H and O–H groups in total. The fourth-order valence-corrected chi connectivity index (χ4v) is 1.14. The van der Waals surface area contributed by atoms with E-state index in [-0.39, 0.29) is 11.7 Å². The minimum absolute atomic E-state index is 0.236. The molecule has 0 atom stereocenters. The van der Waals surface area contributed by atoms with Gasteiger partial charge in [0.05, 0.1) is 5.56 Å². The number of hydrogen-bond acceptors (Lipinski definition) is 3. The van der Waals surface area contributed by atoms with Crippen LogP contribution in [0.3, 0.4) is 0 Å². The highest BCUT2D eigenvalue weighted by Crippen LogP contribution is 2.20. The Morgan fingerprint density at radius 1 is 1.36 bits per heavy atom. The molecule has 0 spiro atoms. The SMILES string of the molecule is CCc1noc(-c2ccccc2F)n1. The second kappa shape index (κ2) is 3.57. The number of nitrogens with zero attached hydrogens (tertiary/aromatic N) is 2. The molecule has 0 aliphatic carbocycles. The molecule has 2 rings (SSSR count). The van der Waals surface area contributed by atoms with Crippen molar-refractivity contribution in [3.63, 3.8) is 0 Å². The lowest BCUT2D eigenvalue weighted by atomic mass is 10.2. The summed E-state index contributed by atoms with van der Waals surface area (Å²) in [4.78, 5) is 4.04. The number of aromatic nitrogens is 2. The number of halogens is 1. The molecule has 0 amide bonds. The van der Waals surface area contributed by atoms with Gasteiger partial charge in [-0.3, -0.25) is 0 Å². The minimum Gasteiger partial charge on any atom is -0.334 e. The third-order valence-electron chi connectivity index (χ3n) is 1.89. The van der Waals surface area contributed by atoms with Crippen molar-refractivity contribution in [2.75, 3.05) is 0 Å². The molecule has 14 heavy (non-hydrogen) atoms. The molecule has 0 saturated carbocycles. The van der Waals surface area contributed by atoms with Crippen LogP contribution < -0.4 is 0 Å². The fraction of sp³-hybridized carbons (Fsp3) is 0.200. The monoisotopic (exact) mass is 192 g/mol. The molecule has 72 valence electrons. The van der Waals surface area contributed by atoms with Crippen LogP contribution in [0.2, 0.25) is 0 Å². The largest absolute Gasteiger partial charge is 0.334 e. The quantitative estimate of drug-likeness (QED) is 0.733. The first-order valence-corrected chi connectivity index (χ1v) is 4.38. The normalized spacial score (nSPS) is 10.4. The summed E-state index contributed by atoms with van der Waals surface area (Å²) < 4.78 is 18.2. The highest BCUT2D eigenvalue weighted by molar-refractivity contribution is 5.53. The van der Waals surface area contributed by atoms with Gasteiger partial charge in [-0.1, -0.05) is 24.2 Å². The van der Waals surface area contributed by atoms with Crippen LogP contribution in [0.5, 0.6) is 0 Å². The average Bonchev–Trinajstić information content (AvgIpc) is 2.67. The van der Waals surface area contributed by atoms with Crippen molar-refractivity contribution in [2.24, 2.45) is 0 Å². The van der Waals surface area contributed by atoms with Gasteiger partial charge in [0, 0.05) is 6.42 Å². The van der Waals surface area contributed by atoms with E-state index < -0.39 is 0 Å². The molecule has 4 heteroatoms. The summed E-state index contributed by atoms with van der Waals surface area (Å²) in [6.45, 7) is 1.91. The molecule has 3 nitrogen and oxygen atoms in total. The van der Waals surface area contributed by atoms with Crippen molar-refractivity contribution in [3.05, 3.63) is 35.9 Å². The molecular weight excluding hydrogens is 183 g/mol. The van der Waals surface area contributed by atoms with Crippen LogP contribution in [0.1, 0.15) is 12.7 Å². The van der Waals surface area contributed by atoms with Gasteiger partial charge in [0.2, 0.25) is 0 Å². The van der Waals surface area contributed by atoms with E-state index in [0.717, 1.165) is 0 Å². The zero-order valence-electron chi connectivity index (χ0n) is 7.70. The van der Waals surface area contributed by atoms with Gasteiger partial charge in [0.15, 0.2) is 5.82 Å². The second-order valence-electron chi connectivity index (χ2n) is 2.85. The first kappa shape index (κ1) is 8.87. The number of benzene rings is 1. The van der Waals surface area contributed by atoms with Crippen LogP contribution in [0.4, 0.5) is 4.39 Å².